The number of para-hydroxylation sites is 1. The van der Waals surface area contributed by atoms with Crippen LogP contribution in [0.1, 0.15) is 16.8 Å². The molecule has 31 heavy (non-hydrogen) atoms. The highest BCUT2D eigenvalue weighted by molar-refractivity contribution is 7.15. The Hall–Kier alpha value is -4.03. The summed E-state index contributed by atoms with van der Waals surface area (Å²) in [6.07, 6.45) is 0.490. The monoisotopic (exact) mass is 430 g/mol. The van der Waals surface area contributed by atoms with E-state index in [9.17, 15) is 9.59 Å². The maximum Gasteiger partial charge on any atom is 0.313 e. The van der Waals surface area contributed by atoms with E-state index in [0.29, 0.717) is 23.5 Å². The van der Waals surface area contributed by atoms with Crippen LogP contribution in [0.3, 0.4) is 0 Å². The highest BCUT2D eigenvalue weighted by atomic mass is 32.1. The number of nitrogens with one attached hydrogen (secondary N) is 2. The van der Waals surface area contributed by atoms with Gasteiger partial charge in [0.2, 0.25) is 4.96 Å². The normalized spacial score (nSPS) is 10.6. The minimum atomic E-state index is -0.819. The van der Waals surface area contributed by atoms with E-state index in [-0.39, 0.29) is 6.54 Å². The second-order valence-electron chi connectivity index (χ2n) is 6.79. The van der Waals surface area contributed by atoms with Gasteiger partial charge in [-0.3, -0.25) is 9.59 Å². The number of anilines is 1. The summed E-state index contributed by atoms with van der Waals surface area (Å²) in [5, 5.41) is 20.7. The average Bonchev–Trinajstić information content (AvgIpc) is 3.36. The highest BCUT2D eigenvalue weighted by Crippen LogP contribution is 2.23. The van der Waals surface area contributed by atoms with Crippen LogP contribution in [-0.4, -0.2) is 33.0 Å². The third-order valence-electron chi connectivity index (χ3n) is 4.70. The number of hydrogen-bond acceptors (Lipinski definition) is 6. The highest BCUT2D eigenvalue weighted by Gasteiger charge is 2.16. The Kier molecular flexibility index (Phi) is 5.73. The van der Waals surface area contributed by atoms with Crippen molar-refractivity contribution in [3.05, 3.63) is 70.7 Å². The van der Waals surface area contributed by atoms with Gasteiger partial charge in [0.15, 0.2) is 5.82 Å². The van der Waals surface area contributed by atoms with Gasteiger partial charge in [0.25, 0.3) is 0 Å². The fourth-order valence-electron chi connectivity index (χ4n) is 3.09. The summed E-state index contributed by atoms with van der Waals surface area (Å²) in [6.45, 7) is 2.28. The number of amides is 2. The summed E-state index contributed by atoms with van der Waals surface area (Å²) in [4.78, 5) is 29.6. The molecule has 0 bridgehead atoms. The number of benzene rings is 2. The molecule has 0 saturated heterocycles. The zero-order chi connectivity index (χ0) is 21.8. The zero-order valence-corrected chi connectivity index (χ0v) is 17.4. The molecule has 2 N–H and O–H groups in total. The molecule has 0 aliphatic carbocycles. The predicted octanol–water partition coefficient (Wildman–Crippen LogP) is 2.94. The molecular weight excluding hydrogens is 412 g/mol. The van der Waals surface area contributed by atoms with Crippen molar-refractivity contribution in [1.29, 1.82) is 5.26 Å². The number of nitrogens with zero attached hydrogens (tertiary/aromatic N) is 4. The smallest absolute Gasteiger partial charge is 0.313 e. The molecule has 9 heteroatoms. The van der Waals surface area contributed by atoms with Crippen LogP contribution in [0.2, 0.25) is 0 Å². The molecule has 0 aliphatic rings. The fourth-order valence-corrected chi connectivity index (χ4v) is 3.94. The van der Waals surface area contributed by atoms with Crippen molar-refractivity contribution in [3.8, 4) is 17.5 Å². The zero-order valence-electron chi connectivity index (χ0n) is 16.6. The molecule has 0 atom stereocenters. The molecule has 0 radical (unpaired) electrons. The molecule has 2 amide bonds. The van der Waals surface area contributed by atoms with Crippen LogP contribution in [0.15, 0.2) is 53.9 Å². The Morgan fingerprint density at radius 3 is 2.71 bits per heavy atom. The molecule has 2 aromatic carbocycles. The average molecular weight is 430 g/mol. The number of aromatic nitrogens is 3. The van der Waals surface area contributed by atoms with Crippen LogP contribution in [0.25, 0.3) is 16.3 Å². The topological polar surface area (TPSA) is 112 Å². The maximum atomic E-state index is 12.1. The number of fused-ring (bicyclic) bond motifs is 1. The lowest BCUT2D eigenvalue weighted by Crippen LogP contribution is -2.36. The molecule has 154 valence electrons. The van der Waals surface area contributed by atoms with Crippen molar-refractivity contribution in [3.63, 3.8) is 0 Å². The molecule has 2 aromatic heterocycles. The Morgan fingerprint density at radius 1 is 1.13 bits per heavy atom. The number of nitriles is 1. The summed E-state index contributed by atoms with van der Waals surface area (Å²) < 4.78 is 1.77. The van der Waals surface area contributed by atoms with Crippen molar-refractivity contribution in [1.82, 2.24) is 19.9 Å². The van der Waals surface area contributed by atoms with E-state index in [4.69, 9.17) is 5.26 Å². The molecule has 4 aromatic rings. The summed E-state index contributed by atoms with van der Waals surface area (Å²) in [6, 6.07) is 16.4. The molecule has 4 rings (SSSR count). The van der Waals surface area contributed by atoms with E-state index < -0.39 is 11.8 Å². The Balaban J connectivity index is 1.38. The van der Waals surface area contributed by atoms with Crippen LogP contribution in [0, 0.1) is 18.3 Å². The lowest BCUT2D eigenvalue weighted by Gasteiger charge is -2.07. The quantitative estimate of drug-likeness (QED) is 0.473. The van der Waals surface area contributed by atoms with Crippen molar-refractivity contribution in [2.24, 2.45) is 0 Å². The number of hydrogen-bond donors (Lipinski definition) is 2. The van der Waals surface area contributed by atoms with E-state index in [0.717, 1.165) is 21.8 Å². The van der Waals surface area contributed by atoms with Gasteiger partial charge in [-0.1, -0.05) is 36.4 Å². The summed E-state index contributed by atoms with van der Waals surface area (Å²) >= 11 is 1.47. The van der Waals surface area contributed by atoms with Gasteiger partial charge >= 0.3 is 11.8 Å². The second-order valence-corrected chi connectivity index (χ2v) is 7.63. The summed E-state index contributed by atoms with van der Waals surface area (Å²) in [5.74, 6) is -0.926. The lowest BCUT2D eigenvalue weighted by atomic mass is 10.1. The molecule has 0 unspecified atom stereocenters. The second kappa shape index (κ2) is 8.77. The molecule has 0 spiro atoms. The van der Waals surface area contributed by atoms with Gasteiger partial charge in [0.1, 0.15) is 6.07 Å². The SMILES string of the molecule is Cc1ccccc1-c1nc2scc(CCNC(=O)C(=O)Nc3ccccc3C#N)n2n1. The van der Waals surface area contributed by atoms with E-state index in [2.05, 4.69) is 20.7 Å². The van der Waals surface area contributed by atoms with Crippen molar-refractivity contribution in [2.75, 3.05) is 11.9 Å². The summed E-state index contributed by atoms with van der Waals surface area (Å²) in [5.41, 5.74) is 3.56. The van der Waals surface area contributed by atoms with E-state index in [1.807, 2.05) is 42.6 Å². The van der Waals surface area contributed by atoms with Gasteiger partial charge in [-0.25, -0.2) is 4.52 Å². The Bertz CT molecular complexity index is 1320. The van der Waals surface area contributed by atoms with Crippen molar-refractivity contribution < 1.29 is 9.59 Å². The molecule has 8 nitrogen and oxygen atoms in total. The van der Waals surface area contributed by atoms with Crippen molar-refractivity contribution >= 4 is 33.8 Å². The Labute approximate surface area is 182 Å². The van der Waals surface area contributed by atoms with Crippen molar-refractivity contribution in [2.45, 2.75) is 13.3 Å². The van der Waals surface area contributed by atoms with Gasteiger partial charge < -0.3 is 10.6 Å². The molecular formula is C22H18N6O2S. The molecule has 0 fully saturated rings. The molecule has 0 saturated carbocycles. The van der Waals surface area contributed by atoms with E-state index >= 15 is 0 Å². The predicted molar refractivity (Wildman–Crippen MR) is 118 cm³/mol. The molecule has 2 heterocycles. The first kappa shape index (κ1) is 20.3. The van der Waals surface area contributed by atoms with Crippen LogP contribution >= 0.6 is 11.3 Å². The van der Waals surface area contributed by atoms with E-state index in [1.54, 1.807) is 28.8 Å². The van der Waals surface area contributed by atoms with Crippen LogP contribution in [0.5, 0.6) is 0 Å². The number of carbonyl (C=O) groups excluding carboxylic acids is 2. The third-order valence-corrected chi connectivity index (χ3v) is 5.57. The van der Waals surface area contributed by atoms with Gasteiger partial charge in [-0.05, 0) is 24.6 Å². The number of carbonyl (C=O) groups is 2. The lowest BCUT2D eigenvalue weighted by molar-refractivity contribution is -0.136. The standard InChI is InChI=1S/C22H18N6O2S/c1-14-6-2-4-8-17(14)19-26-22-28(27-19)16(13-31-22)10-11-24-20(29)21(30)25-18-9-5-3-7-15(18)12-23/h2-9,13H,10-11H2,1H3,(H,24,29)(H,25,30). The minimum Gasteiger partial charge on any atom is -0.347 e. The maximum absolute atomic E-state index is 12.1. The molecule has 0 aliphatic heterocycles. The van der Waals surface area contributed by atoms with Gasteiger partial charge in [0.05, 0.1) is 16.9 Å². The minimum absolute atomic E-state index is 0.261. The number of rotatable bonds is 5. The first-order chi connectivity index (χ1) is 15.1. The van der Waals surface area contributed by atoms with Gasteiger partial charge in [-0.15, -0.1) is 16.4 Å². The van der Waals surface area contributed by atoms with E-state index in [1.165, 1.54) is 11.3 Å². The Morgan fingerprint density at radius 2 is 1.90 bits per heavy atom. The largest absolute Gasteiger partial charge is 0.347 e. The fraction of sp³-hybridized carbons (Fsp3) is 0.136. The number of aryl methyl sites for hydroxylation is 1. The van der Waals surface area contributed by atoms with Crippen LogP contribution in [0.4, 0.5) is 5.69 Å². The number of thiazole rings is 1. The first-order valence-corrected chi connectivity index (χ1v) is 10.4. The first-order valence-electron chi connectivity index (χ1n) is 9.54. The van der Waals surface area contributed by atoms with Gasteiger partial charge in [0, 0.05) is 23.9 Å². The van der Waals surface area contributed by atoms with Crippen LogP contribution < -0.4 is 10.6 Å². The summed E-state index contributed by atoms with van der Waals surface area (Å²) in [7, 11) is 0. The third kappa shape index (κ3) is 4.29. The van der Waals surface area contributed by atoms with Crippen LogP contribution in [-0.2, 0) is 16.0 Å². The van der Waals surface area contributed by atoms with Gasteiger partial charge in [-0.2, -0.15) is 10.2 Å².